The topological polar surface area (TPSA) is 114 Å². The highest BCUT2D eigenvalue weighted by Crippen LogP contribution is 2.34. The molecular formula is C28H46F20O10. The zero-order valence-corrected chi connectivity index (χ0v) is 30.0. The molecule has 0 aliphatic heterocycles. The highest BCUT2D eigenvalue weighted by molar-refractivity contribution is 4.74. The third kappa shape index (κ3) is 36.1. The van der Waals surface area contributed by atoms with Crippen LogP contribution in [0.15, 0.2) is 0 Å². The molecule has 0 heterocycles. The molecule has 0 amide bonds. The first-order chi connectivity index (χ1) is 24.6. The summed E-state index contributed by atoms with van der Waals surface area (Å²) in [5, 5.41) is 16.6. The maximum atomic E-state index is 13.8. The molecule has 0 saturated heterocycles. The minimum absolute atomic E-state index is 0. The van der Waals surface area contributed by atoms with Crippen molar-refractivity contribution in [1.82, 2.24) is 0 Å². The van der Waals surface area contributed by atoms with Crippen molar-refractivity contribution in [3.05, 3.63) is 0 Å². The third-order valence-corrected chi connectivity index (χ3v) is 5.94. The van der Waals surface area contributed by atoms with Crippen molar-refractivity contribution in [2.24, 2.45) is 0 Å². The Morgan fingerprint density at radius 3 is 0.759 bits per heavy atom. The minimum atomic E-state index is -4.43. The molecule has 10 nitrogen and oxygen atoms in total. The van der Waals surface area contributed by atoms with Crippen molar-refractivity contribution in [2.45, 2.75) is 86.6 Å². The maximum absolute atomic E-state index is 13.8. The van der Waals surface area contributed by atoms with Gasteiger partial charge in [0.1, 0.15) is 52.1 Å². The molecule has 0 radical (unpaired) electrons. The van der Waals surface area contributed by atoms with E-state index in [0.29, 0.717) is 0 Å². The summed E-state index contributed by atoms with van der Waals surface area (Å²) in [6.45, 7) is -14.2. The lowest BCUT2D eigenvalue weighted by atomic mass is 10.2. The van der Waals surface area contributed by atoms with Crippen LogP contribution in [0.1, 0.15) is 38.5 Å². The normalized spacial score (nSPS) is 13.3. The van der Waals surface area contributed by atoms with Gasteiger partial charge in [-0.3, -0.25) is 18.8 Å². The van der Waals surface area contributed by atoms with Crippen LogP contribution in [0.5, 0.6) is 0 Å². The molecule has 0 unspecified atom stereocenters. The Labute approximate surface area is 317 Å². The van der Waals surface area contributed by atoms with Crippen LogP contribution >= 0.6 is 0 Å². The first-order valence-corrected chi connectivity index (χ1v) is 15.7. The van der Waals surface area contributed by atoms with Gasteiger partial charge in [-0.25, -0.2) is 35.1 Å². The fraction of sp³-hybridized carbons (Fsp3) is 1.00. The number of hydrogen-bond donors (Lipinski definition) is 2. The Hall–Kier alpha value is -1.80. The van der Waals surface area contributed by atoms with E-state index in [4.69, 9.17) is 19.7 Å². The molecule has 0 rings (SSSR count). The molecule has 0 aromatic heterocycles. The summed E-state index contributed by atoms with van der Waals surface area (Å²) in [5.41, 5.74) is 0. The summed E-state index contributed by atoms with van der Waals surface area (Å²) in [5.74, 6) is -16.8. The van der Waals surface area contributed by atoms with E-state index in [1.165, 1.54) is 0 Å². The van der Waals surface area contributed by atoms with Crippen molar-refractivity contribution < 1.29 is 137 Å². The Kier molecular flexibility index (Phi) is 33.2. The van der Waals surface area contributed by atoms with E-state index >= 15 is 0 Å². The molecule has 0 spiro atoms. The Morgan fingerprint density at radius 2 is 0.517 bits per heavy atom. The molecule has 0 saturated carbocycles. The number of alkyl halides is 16. The van der Waals surface area contributed by atoms with Crippen molar-refractivity contribution in [2.75, 3.05) is 92.5 Å². The van der Waals surface area contributed by atoms with Gasteiger partial charge in [-0.1, -0.05) is 0 Å². The lowest BCUT2D eigenvalue weighted by molar-refractivity contribution is -0.286. The number of aliphatic hydroxyl groups excluding tert-OH is 2. The molecule has 358 valence electrons. The average Bonchev–Trinajstić information content (AvgIpc) is 2.98. The summed E-state index contributed by atoms with van der Waals surface area (Å²) in [4.78, 5) is 0. The molecule has 58 heavy (non-hydrogen) atoms. The van der Waals surface area contributed by atoms with Crippen LogP contribution < -0.4 is 0 Å². The van der Waals surface area contributed by atoms with E-state index < -0.39 is 153 Å². The van der Waals surface area contributed by atoms with Gasteiger partial charge in [0.25, 0.3) is 23.7 Å². The van der Waals surface area contributed by atoms with Crippen molar-refractivity contribution in [3.63, 3.8) is 0 Å². The average molecular weight is 923 g/mol. The standard InChI is InChI=1S/C28H42F16O10.4FH/c29-21(30,17-45)13-25(37,38)53-11-7-49-19-23(33,34)15-27(41,42)51-9-5-47-3-1-2-4-48-6-10-52-28(43,44)16-24(35,36)20-50-8-12-54-26(39,40)14-22(31,32)18-46;;;;/h45-46H,1-20H2;4*1H. The summed E-state index contributed by atoms with van der Waals surface area (Å²) in [6.07, 6.45) is -25.9. The largest absolute Gasteiger partial charge is 0.390 e. The van der Waals surface area contributed by atoms with Crippen molar-refractivity contribution in [1.29, 1.82) is 0 Å². The molecule has 0 bridgehead atoms. The smallest absolute Gasteiger partial charge is 0.361 e. The van der Waals surface area contributed by atoms with Crippen LogP contribution in [0.2, 0.25) is 0 Å². The summed E-state index contributed by atoms with van der Waals surface area (Å²) < 4.78 is 248. The number of unbranched alkanes of at least 4 members (excludes halogenated alkanes) is 1. The lowest BCUT2D eigenvalue weighted by Crippen LogP contribution is -2.37. The minimum Gasteiger partial charge on any atom is -0.390 e. The molecule has 0 fully saturated rings. The van der Waals surface area contributed by atoms with E-state index in [1.54, 1.807) is 0 Å². The van der Waals surface area contributed by atoms with E-state index in [-0.39, 0.29) is 44.9 Å². The number of ether oxygens (including phenoxy) is 8. The van der Waals surface area contributed by atoms with E-state index in [0.717, 1.165) is 0 Å². The van der Waals surface area contributed by atoms with E-state index in [9.17, 15) is 70.2 Å². The van der Waals surface area contributed by atoms with Crippen LogP contribution in [0.25, 0.3) is 0 Å². The molecule has 0 aromatic carbocycles. The molecule has 0 aliphatic carbocycles. The molecule has 2 N–H and O–H groups in total. The van der Waals surface area contributed by atoms with Gasteiger partial charge in [0, 0.05) is 13.2 Å². The van der Waals surface area contributed by atoms with Gasteiger partial charge in [-0.15, -0.1) is 0 Å². The van der Waals surface area contributed by atoms with Crippen molar-refractivity contribution >= 4 is 0 Å². The summed E-state index contributed by atoms with van der Waals surface area (Å²) in [6, 6.07) is 0. The van der Waals surface area contributed by atoms with E-state index in [2.05, 4.69) is 28.4 Å². The van der Waals surface area contributed by atoms with E-state index in [1.807, 2.05) is 0 Å². The predicted octanol–water partition coefficient (Wildman–Crippen LogP) is 6.97. The van der Waals surface area contributed by atoms with Crippen LogP contribution in [0.4, 0.5) is 89.1 Å². The monoisotopic (exact) mass is 922 g/mol. The van der Waals surface area contributed by atoms with Gasteiger partial charge in [0.2, 0.25) is 0 Å². The predicted molar refractivity (Wildman–Crippen MR) is 159 cm³/mol. The van der Waals surface area contributed by atoms with Crippen molar-refractivity contribution in [3.8, 4) is 0 Å². The first kappa shape index (κ1) is 65.3. The SMILES string of the molecule is F.F.F.F.OCC(F)(F)CC(F)(F)OCCOCC(F)(F)CC(F)(F)OCCOCCCCOCCOC(F)(F)CC(F)(F)COCCOC(F)(F)CC(F)(F)CO. The second-order valence-corrected chi connectivity index (χ2v) is 11.4. The van der Waals surface area contributed by atoms with Crippen LogP contribution in [0.3, 0.4) is 0 Å². The first-order valence-electron chi connectivity index (χ1n) is 15.7. The van der Waals surface area contributed by atoms with Gasteiger partial charge in [-0.05, 0) is 12.8 Å². The third-order valence-electron chi connectivity index (χ3n) is 5.94. The van der Waals surface area contributed by atoms with Gasteiger partial charge in [0.05, 0.1) is 52.9 Å². The number of halogens is 20. The fourth-order valence-electron chi connectivity index (χ4n) is 3.68. The Bertz CT molecular complexity index is 927. The van der Waals surface area contributed by atoms with Crippen LogP contribution in [-0.2, 0) is 37.9 Å². The zero-order valence-electron chi connectivity index (χ0n) is 30.0. The quantitative estimate of drug-likeness (QED) is 0.0511. The molecule has 30 heteroatoms. The maximum Gasteiger partial charge on any atom is 0.361 e. The Balaban J connectivity index is -0.00000234. The van der Waals surface area contributed by atoms with Gasteiger partial charge in [0.15, 0.2) is 0 Å². The van der Waals surface area contributed by atoms with Gasteiger partial charge in [-0.2, -0.15) is 35.1 Å². The highest BCUT2D eigenvalue weighted by atomic mass is 19.3. The fourth-order valence-corrected chi connectivity index (χ4v) is 3.68. The van der Waals surface area contributed by atoms with Crippen LogP contribution in [-0.4, -0.2) is 151 Å². The van der Waals surface area contributed by atoms with Crippen LogP contribution in [0, 0.1) is 0 Å². The lowest BCUT2D eigenvalue weighted by Gasteiger charge is -2.24. The zero-order chi connectivity index (χ0) is 41.8. The number of hydrogen-bond acceptors (Lipinski definition) is 10. The number of aliphatic hydroxyl groups is 2. The Morgan fingerprint density at radius 1 is 0.293 bits per heavy atom. The van der Waals surface area contributed by atoms with Gasteiger partial charge < -0.3 is 48.1 Å². The molecule has 0 aromatic rings. The molecular weight excluding hydrogens is 876 g/mol. The highest BCUT2D eigenvalue weighted by Gasteiger charge is 2.47. The summed E-state index contributed by atoms with van der Waals surface area (Å²) in [7, 11) is 0. The van der Waals surface area contributed by atoms with Gasteiger partial charge >= 0.3 is 24.4 Å². The molecule has 0 aliphatic rings. The second-order valence-electron chi connectivity index (χ2n) is 11.4. The second kappa shape index (κ2) is 29.5. The summed E-state index contributed by atoms with van der Waals surface area (Å²) >= 11 is 0. The number of rotatable bonds is 35. The molecule has 0 atom stereocenters.